The summed E-state index contributed by atoms with van der Waals surface area (Å²) in [4.78, 5) is 34.7. The molecule has 118 valence electrons. The Morgan fingerprint density at radius 3 is 2.86 bits per heavy atom. The van der Waals surface area contributed by atoms with Gasteiger partial charge in [-0.2, -0.15) is 0 Å². The molecule has 1 atom stereocenters. The smallest absolute Gasteiger partial charge is 0.320 e. The quantitative estimate of drug-likeness (QED) is 0.629. The summed E-state index contributed by atoms with van der Waals surface area (Å²) in [6.45, 7) is 0.457. The Balaban J connectivity index is 2.02. The molecule has 0 aromatic heterocycles. The first-order valence-electron chi connectivity index (χ1n) is 6.59. The minimum atomic E-state index is -0.951. The van der Waals surface area contributed by atoms with E-state index < -0.39 is 22.8 Å². The van der Waals surface area contributed by atoms with Crippen molar-refractivity contribution in [3.8, 4) is 0 Å². The summed E-state index contributed by atoms with van der Waals surface area (Å²) in [7, 11) is 0. The van der Waals surface area contributed by atoms with Crippen LogP contribution >= 0.6 is 11.6 Å². The molecule has 1 saturated heterocycles. The fraction of sp³-hybridized carbons (Fsp3) is 0.385. The molecule has 0 spiro atoms. The number of nitro benzene ring substituents is 1. The van der Waals surface area contributed by atoms with Gasteiger partial charge in [-0.15, -0.1) is 0 Å². The molecule has 0 unspecified atom stereocenters. The van der Waals surface area contributed by atoms with Gasteiger partial charge in [-0.1, -0.05) is 11.6 Å². The molecule has 2 rings (SSSR count). The van der Waals surface area contributed by atoms with E-state index in [2.05, 4.69) is 5.32 Å². The SMILES string of the molecule is O=C(CN1CCC[C@H]1C(=O)O)Nc1ccc(Cl)c([N+](=O)[O-])c1. The van der Waals surface area contributed by atoms with Crippen molar-refractivity contribution in [2.45, 2.75) is 18.9 Å². The van der Waals surface area contributed by atoms with Crippen molar-refractivity contribution in [3.05, 3.63) is 33.3 Å². The lowest BCUT2D eigenvalue weighted by atomic mass is 10.2. The number of nitro groups is 1. The lowest BCUT2D eigenvalue weighted by molar-refractivity contribution is -0.384. The molecule has 1 fully saturated rings. The number of aliphatic carboxylic acids is 1. The van der Waals surface area contributed by atoms with Gasteiger partial charge in [-0.3, -0.25) is 24.6 Å². The summed E-state index contributed by atoms with van der Waals surface area (Å²) in [5.74, 6) is -1.38. The van der Waals surface area contributed by atoms with Crippen LogP contribution in [0.3, 0.4) is 0 Å². The molecular formula is C13H14ClN3O5. The van der Waals surface area contributed by atoms with Crippen molar-refractivity contribution in [1.82, 2.24) is 4.90 Å². The first kappa shape index (κ1) is 16.2. The number of benzene rings is 1. The Hall–Kier alpha value is -2.19. The van der Waals surface area contributed by atoms with Gasteiger partial charge >= 0.3 is 5.97 Å². The fourth-order valence-corrected chi connectivity index (χ4v) is 2.60. The minimum absolute atomic E-state index is 0.0199. The second-order valence-corrected chi connectivity index (χ2v) is 5.35. The number of amides is 1. The van der Waals surface area contributed by atoms with Crippen LogP contribution in [0.1, 0.15) is 12.8 Å². The average molecular weight is 328 g/mol. The summed E-state index contributed by atoms with van der Waals surface area (Å²) >= 11 is 5.69. The van der Waals surface area contributed by atoms with Crippen LogP contribution in [0.25, 0.3) is 0 Å². The minimum Gasteiger partial charge on any atom is -0.480 e. The Labute approximate surface area is 130 Å². The summed E-state index contributed by atoms with van der Waals surface area (Å²) < 4.78 is 0. The third-order valence-corrected chi connectivity index (χ3v) is 3.74. The third kappa shape index (κ3) is 3.71. The zero-order valence-corrected chi connectivity index (χ0v) is 12.2. The van der Waals surface area contributed by atoms with Crippen LogP contribution in [0.4, 0.5) is 11.4 Å². The number of halogens is 1. The Bertz CT molecular complexity index is 622. The first-order chi connectivity index (χ1) is 10.4. The molecule has 1 heterocycles. The van der Waals surface area contributed by atoms with E-state index in [9.17, 15) is 19.7 Å². The van der Waals surface area contributed by atoms with E-state index in [4.69, 9.17) is 16.7 Å². The third-order valence-electron chi connectivity index (χ3n) is 3.42. The number of carbonyl (C=O) groups is 2. The van der Waals surface area contributed by atoms with Gasteiger partial charge < -0.3 is 10.4 Å². The molecule has 22 heavy (non-hydrogen) atoms. The van der Waals surface area contributed by atoms with E-state index >= 15 is 0 Å². The maximum atomic E-state index is 12.0. The van der Waals surface area contributed by atoms with E-state index in [0.717, 1.165) is 6.42 Å². The van der Waals surface area contributed by atoms with Crippen LogP contribution in [0, 0.1) is 10.1 Å². The highest BCUT2D eigenvalue weighted by atomic mass is 35.5. The van der Waals surface area contributed by atoms with E-state index in [-0.39, 0.29) is 22.9 Å². The molecule has 1 aliphatic rings. The van der Waals surface area contributed by atoms with Crippen LogP contribution < -0.4 is 5.32 Å². The van der Waals surface area contributed by atoms with Gasteiger partial charge in [0.15, 0.2) is 0 Å². The number of carboxylic acids is 1. The number of anilines is 1. The van der Waals surface area contributed by atoms with Gasteiger partial charge in [-0.05, 0) is 31.5 Å². The molecule has 1 aliphatic heterocycles. The number of rotatable bonds is 5. The van der Waals surface area contributed by atoms with Crippen molar-refractivity contribution in [2.24, 2.45) is 0 Å². The normalized spacial score (nSPS) is 18.1. The number of carbonyl (C=O) groups excluding carboxylic acids is 1. The van der Waals surface area contributed by atoms with Crippen molar-refractivity contribution >= 4 is 34.9 Å². The maximum absolute atomic E-state index is 12.0. The molecule has 0 radical (unpaired) electrons. The molecule has 2 N–H and O–H groups in total. The van der Waals surface area contributed by atoms with Gasteiger partial charge in [0.05, 0.1) is 11.5 Å². The zero-order valence-electron chi connectivity index (χ0n) is 11.5. The van der Waals surface area contributed by atoms with Crippen LogP contribution in [0.5, 0.6) is 0 Å². The standard InChI is InChI=1S/C13H14ClN3O5/c14-9-4-3-8(6-11(9)17(21)22)15-12(18)7-16-5-1-2-10(16)13(19)20/h3-4,6,10H,1-2,5,7H2,(H,15,18)(H,19,20)/t10-/m0/s1. The van der Waals surface area contributed by atoms with Gasteiger partial charge in [-0.25, -0.2) is 0 Å². The van der Waals surface area contributed by atoms with Gasteiger partial charge in [0.1, 0.15) is 11.1 Å². The van der Waals surface area contributed by atoms with Crippen LogP contribution in [-0.4, -0.2) is 45.9 Å². The van der Waals surface area contributed by atoms with Crippen LogP contribution in [0.15, 0.2) is 18.2 Å². The first-order valence-corrected chi connectivity index (χ1v) is 6.97. The lowest BCUT2D eigenvalue weighted by Gasteiger charge is -2.20. The summed E-state index contributed by atoms with van der Waals surface area (Å²) in [6, 6.07) is 3.28. The van der Waals surface area contributed by atoms with E-state index in [0.29, 0.717) is 13.0 Å². The lowest BCUT2D eigenvalue weighted by Crippen LogP contribution is -2.40. The highest BCUT2D eigenvalue weighted by Gasteiger charge is 2.31. The predicted octanol–water partition coefficient (Wildman–Crippen LogP) is 1.74. The fourth-order valence-electron chi connectivity index (χ4n) is 2.41. The number of likely N-dealkylation sites (tertiary alicyclic amines) is 1. The predicted molar refractivity (Wildman–Crippen MR) is 79.0 cm³/mol. The topological polar surface area (TPSA) is 113 Å². The van der Waals surface area contributed by atoms with E-state index in [1.54, 1.807) is 4.90 Å². The maximum Gasteiger partial charge on any atom is 0.320 e. The van der Waals surface area contributed by atoms with Gasteiger partial charge in [0.2, 0.25) is 5.91 Å². The highest BCUT2D eigenvalue weighted by molar-refractivity contribution is 6.32. The molecule has 1 aromatic carbocycles. The van der Waals surface area contributed by atoms with Crippen LogP contribution in [0.2, 0.25) is 5.02 Å². The molecular weight excluding hydrogens is 314 g/mol. The molecule has 0 bridgehead atoms. The van der Waals surface area contributed by atoms with Crippen molar-refractivity contribution in [1.29, 1.82) is 0 Å². The molecule has 0 aliphatic carbocycles. The largest absolute Gasteiger partial charge is 0.480 e. The summed E-state index contributed by atoms with van der Waals surface area (Å²) in [5.41, 5.74) is -0.0591. The zero-order chi connectivity index (χ0) is 16.3. The number of hydrogen-bond acceptors (Lipinski definition) is 5. The second-order valence-electron chi connectivity index (χ2n) is 4.94. The Morgan fingerprint density at radius 1 is 1.50 bits per heavy atom. The average Bonchev–Trinajstić information content (AvgIpc) is 2.88. The Morgan fingerprint density at radius 2 is 2.23 bits per heavy atom. The monoisotopic (exact) mass is 327 g/mol. The molecule has 8 nitrogen and oxygen atoms in total. The van der Waals surface area contributed by atoms with E-state index in [1.807, 2.05) is 0 Å². The molecule has 0 saturated carbocycles. The second kappa shape index (κ2) is 6.71. The van der Waals surface area contributed by atoms with Crippen LogP contribution in [-0.2, 0) is 9.59 Å². The number of nitrogens with one attached hydrogen (secondary N) is 1. The summed E-state index contributed by atoms with van der Waals surface area (Å²) in [6.07, 6.45) is 1.23. The highest BCUT2D eigenvalue weighted by Crippen LogP contribution is 2.27. The molecule has 1 amide bonds. The van der Waals surface area contributed by atoms with E-state index in [1.165, 1.54) is 18.2 Å². The molecule has 1 aromatic rings. The molecule has 9 heteroatoms. The van der Waals surface area contributed by atoms with Crippen molar-refractivity contribution in [2.75, 3.05) is 18.4 Å². The van der Waals surface area contributed by atoms with Crippen molar-refractivity contribution < 1.29 is 19.6 Å². The number of hydrogen-bond donors (Lipinski definition) is 2. The van der Waals surface area contributed by atoms with Gasteiger partial charge in [0.25, 0.3) is 5.69 Å². The number of nitrogens with zero attached hydrogens (tertiary/aromatic N) is 2. The Kier molecular flexibility index (Phi) is 4.94. The van der Waals surface area contributed by atoms with Gasteiger partial charge in [0, 0.05) is 11.8 Å². The number of carboxylic acid groups (broad SMARTS) is 1. The van der Waals surface area contributed by atoms with Crippen molar-refractivity contribution in [3.63, 3.8) is 0 Å². The summed E-state index contributed by atoms with van der Waals surface area (Å²) in [5, 5.41) is 22.3.